The lowest BCUT2D eigenvalue weighted by Gasteiger charge is -2.07. The SMILES string of the molecule is Cc1ccc(NC(=O)C(=O)NCc2ccc(-c3cccs3)o2)cc1Cl. The molecule has 3 rings (SSSR count). The van der Waals surface area contributed by atoms with Crippen LogP contribution in [0.4, 0.5) is 5.69 Å². The van der Waals surface area contributed by atoms with Crippen molar-refractivity contribution in [2.45, 2.75) is 13.5 Å². The number of carbonyl (C=O) groups is 2. The quantitative estimate of drug-likeness (QED) is 0.671. The van der Waals surface area contributed by atoms with E-state index in [9.17, 15) is 9.59 Å². The number of thiophene rings is 1. The fraction of sp³-hybridized carbons (Fsp3) is 0.111. The van der Waals surface area contributed by atoms with Gasteiger partial charge in [-0.2, -0.15) is 0 Å². The molecule has 0 unspecified atom stereocenters. The van der Waals surface area contributed by atoms with Crippen LogP contribution >= 0.6 is 22.9 Å². The van der Waals surface area contributed by atoms with Gasteiger partial charge in [-0.1, -0.05) is 23.7 Å². The Bertz CT molecular complexity index is 903. The minimum Gasteiger partial charge on any atom is -0.458 e. The van der Waals surface area contributed by atoms with Gasteiger partial charge in [0.05, 0.1) is 11.4 Å². The number of carbonyl (C=O) groups excluding carboxylic acids is 2. The minimum atomic E-state index is -0.759. The van der Waals surface area contributed by atoms with Crippen LogP contribution < -0.4 is 10.6 Å². The van der Waals surface area contributed by atoms with Crippen LogP contribution in [0.15, 0.2) is 52.3 Å². The lowest BCUT2D eigenvalue weighted by Crippen LogP contribution is -2.34. The second-order valence-corrected chi connectivity index (χ2v) is 6.70. The molecule has 2 amide bonds. The number of aryl methyl sites for hydroxylation is 1. The monoisotopic (exact) mass is 374 g/mol. The van der Waals surface area contributed by atoms with Crippen molar-refractivity contribution in [3.8, 4) is 10.6 Å². The zero-order valence-corrected chi connectivity index (χ0v) is 14.9. The van der Waals surface area contributed by atoms with Crippen LogP contribution in [0.2, 0.25) is 5.02 Å². The van der Waals surface area contributed by atoms with Crippen molar-refractivity contribution in [1.82, 2.24) is 5.32 Å². The summed E-state index contributed by atoms with van der Waals surface area (Å²) in [6.07, 6.45) is 0. The smallest absolute Gasteiger partial charge is 0.313 e. The van der Waals surface area contributed by atoms with Crippen molar-refractivity contribution in [3.63, 3.8) is 0 Å². The molecule has 0 bridgehead atoms. The molecule has 7 heteroatoms. The molecule has 1 aromatic carbocycles. The van der Waals surface area contributed by atoms with Gasteiger partial charge in [-0.25, -0.2) is 0 Å². The summed E-state index contributed by atoms with van der Waals surface area (Å²) in [5, 5.41) is 7.52. The fourth-order valence-electron chi connectivity index (χ4n) is 2.13. The molecule has 2 N–H and O–H groups in total. The van der Waals surface area contributed by atoms with E-state index < -0.39 is 11.8 Å². The van der Waals surface area contributed by atoms with Crippen LogP contribution in [0.3, 0.4) is 0 Å². The van der Waals surface area contributed by atoms with Crippen LogP contribution in [0.25, 0.3) is 10.6 Å². The van der Waals surface area contributed by atoms with E-state index in [-0.39, 0.29) is 6.54 Å². The maximum absolute atomic E-state index is 11.9. The molecule has 0 aliphatic rings. The Hall–Kier alpha value is -2.57. The Labute approximate surface area is 153 Å². The summed E-state index contributed by atoms with van der Waals surface area (Å²) >= 11 is 7.57. The molecular formula is C18H15ClN2O3S. The number of benzene rings is 1. The van der Waals surface area contributed by atoms with Crippen LogP contribution in [0, 0.1) is 6.92 Å². The van der Waals surface area contributed by atoms with Crippen molar-refractivity contribution in [2.75, 3.05) is 5.32 Å². The van der Waals surface area contributed by atoms with Crippen molar-refractivity contribution >= 4 is 40.4 Å². The topological polar surface area (TPSA) is 71.3 Å². The van der Waals surface area contributed by atoms with Gasteiger partial charge in [0.1, 0.15) is 11.5 Å². The first-order chi connectivity index (χ1) is 12.0. The first-order valence-corrected chi connectivity index (χ1v) is 8.76. The number of furan rings is 1. The van der Waals surface area contributed by atoms with E-state index in [4.69, 9.17) is 16.0 Å². The molecule has 5 nitrogen and oxygen atoms in total. The summed E-state index contributed by atoms with van der Waals surface area (Å²) in [7, 11) is 0. The van der Waals surface area contributed by atoms with Gasteiger partial charge in [0, 0.05) is 10.7 Å². The molecule has 0 saturated carbocycles. The number of rotatable bonds is 4. The summed E-state index contributed by atoms with van der Waals surface area (Å²) in [4.78, 5) is 24.8. The van der Waals surface area contributed by atoms with Crippen LogP contribution in [0.1, 0.15) is 11.3 Å². The molecule has 0 saturated heterocycles. The average Bonchev–Trinajstić information content (AvgIpc) is 3.26. The minimum absolute atomic E-state index is 0.131. The van der Waals surface area contributed by atoms with Gasteiger partial charge in [-0.3, -0.25) is 9.59 Å². The second-order valence-electron chi connectivity index (χ2n) is 5.34. The van der Waals surface area contributed by atoms with Gasteiger partial charge in [-0.05, 0) is 48.2 Å². The van der Waals surface area contributed by atoms with Gasteiger partial charge in [0.15, 0.2) is 0 Å². The van der Waals surface area contributed by atoms with E-state index in [1.54, 1.807) is 35.6 Å². The van der Waals surface area contributed by atoms with E-state index in [0.717, 1.165) is 16.2 Å². The van der Waals surface area contributed by atoms with Crippen LogP contribution in [0.5, 0.6) is 0 Å². The van der Waals surface area contributed by atoms with Crippen molar-refractivity contribution in [2.24, 2.45) is 0 Å². The van der Waals surface area contributed by atoms with E-state index in [1.807, 2.05) is 30.5 Å². The molecule has 0 atom stereocenters. The Morgan fingerprint density at radius 2 is 2.00 bits per heavy atom. The summed E-state index contributed by atoms with van der Waals surface area (Å²) in [5.74, 6) is -0.198. The molecule has 0 spiro atoms. The number of amides is 2. The van der Waals surface area contributed by atoms with Gasteiger partial charge in [0.2, 0.25) is 0 Å². The lowest BCUT2D eigenvalue weighted by molar-refractivity contribution is -0.136. The summed E-state index contributed by atoms with van der Waals surface area (Å²) in [6, 6.07) is 12.5. The summed E-state index contributed by atoms with van der Waals surface area (Å²) in [5.41, 5.74) is 1.36. The number of anilines is 1. The highest BCUT2D eigenvalue weighted by Gasteiger charge is 2.15. The average molecular weight is 375 g/mol. The van der Waals surface area contributed by atoms with Crippen molar-refractivity contribution in [1.29, 1.82) is 0 Å². The zero-order chi connectivity index (χ0) is 17.8. The molecule has 0 fully saturated rings. The highest BCUT2D eigenvalue weighted by atomic mass is 35.5. The third-order valence-electron chi connectivity index (χ3n) is 3.48. The molecule has 25 heavy (non-hydrogen) atoms. The maximum atomic E-state index is 11.9. The number of nitrogens with one attached hydrogen (secondary N) is 2. The van der Waals surface area contributed by atoms with E-state index in [1.165, 1.54) is 0 Å². The van der Waals surface area contributed by atoms with Crippen molar-refractivity contribution < 1.29 is 14.0 Å². The Morgan fingerprint density at radius 3 is 2.72 bits per heavy atom. The highest BCUT2D eigenvalue weighted by molar-refractivity contribution is 7.13. The van der Waals surface area contributed by atoms with Gasteiger partial charge in [0.25, 0.3) is 0 Å². The Morgan fingerprint density at radius 1 is 1.16 bits per heavy atom. The predicted octanol–water partition coefficient (Wildman–Crippen LogP) is 4.22. The van der Waals surface area contributed by atoms with Crippen LogP contribution in [-0.2, 0) is 16.1 Å². The zero-order valence-electron chi connectivity index (χ0n) is 13.3. The summed E-state index contributed by atoms with van der Waals surface area (Å²) in [6.45, 7) is 1.99. The second kappa shape index (κ2) is 7.55. The van der Waals surface area contributed by atoms with Crippen LogP contribution in [-0.4, -0.2) is 11.8 Å². The van der Waals surface area contributed by atoms with Gasteiger partial charge >= 0.3 is 11.8 Å². The predicted molar refractivity (Wildman–Crippen MR) is 98.7 cm³/mol. The van der Waals surface area contributed by atoms with Gasteiger partial charge in [-0.15, -0.1) is 11.3 Å². The largest absolute Gasteiger partial charge is 0.458 e. The Balaban J connectivity index is 1.55. The molecule has 0 aliphatic heterocycles. The van der Waals surface area contributed by atoms with E-state index >= 15 is 0 Å². The fourth-order valence-corrected chi connectivity index (χ4v) is 3.00. The van der Waals surface area contributed by atoms with E-state index in [0.29, 0.717) is 16.5 Å². The molecule has 0 radical (unpaired) electrons. The molecule has 2 heterocycles. The molecule has 3 aromatic rings. The Kier molecular flexibility index (Phi) is 5.21. The molecule has 0 aliphatic carbocycles. The number of hydrogen-bond acceptors (Lipinski definition) is 4. The normalized spacial score (nSPS) is 10.5. The third-order valence-corrected chi connectivity index (χ3v) is 4.78. The molecular weight excluding hydrogens is 360 g/mol. The maximum Gasteiger partial charge on any atom is 0.313 e. The molecule has 2 aromatic heterocycles. The number of hydrogen-bond donors (Lipinski definition) is 2. The first-order valence-electron chi connectivity index (χ1n) is 7.51. The van der Waals surface area contributed by atoms with Crippen molar-refractivity contribution in [3.05, 3.63) is 64.2 Å². The number of halogens is 1. The first kappa shape index (κ1) is 17.3. The van der Waals surface area contributed by atoms with Gasteiger partial charge < -0.3 is 15.1 Å². The highest BCUT2D eigenvalue weighted by Crippen LogP contribution is 2.26. The summed E-state index contributed by atoms with van der Waals surface area (Å²) < 4.78 is 5.65. The molecule has 128 valence electrons. The van der Waals surface area contributed by atoms with E-state index in [2.05, 4.69) is 10.6 Å². The third kappa shape index (κ3) is 4.29. The lowest BCUT2D eigenvalue weighted by atomic mass is 10.2. The standard InChI is InChI=1S/C18H15ClN2O3S/c1-11-4-5-12(9-14(11)19)21-18(23)17(22)20-10-13-6-7-15(24-13)16-3-2-8-25-16/h2-9H,10H2,1H3,(H,20,22)(H,21,23).